The van der Waals surface area contributed by atoms with E-state index in [1.807, 2.05) is 12.3 Å². The molecule has 3 nitrogen and oxygen atoms in total. The molecule has 1 N–H and O–H groups in total. The molecule has 3 rings (SSSR count). The Bertz CT molecular complexity index is 444. The van der Waals surface area contributed by atoms with Crippen LogP contribution in [0.2, 0.25) is 0 Å². The Morgan fingerprint density at radius 2 is 2.46 bits per heavy atom. The van der Waals surface area contributed by atoms with Gasteiger partial charge in [-0.1, -0.05) is 0 Å². The summed E-state index contributed by atoms with van der Waals surface area (Å²) in [5.41, 5.74) is 2.47. The lowest BCUT2D eigenvalue weighted by Crippen LogP contribution is -2.27. The SMILES string of the molecule is c1cnc2c(c1)cc1n2CCNC1. The molecule has 3 heterocycles. The highest BCUT2D eigenvalue weighted by molar-refractivity contribution is 5.77. The quantitative estimate of drug-likeness (QED) is 0.647. The van der Waals surface area contributed by atoms with Crippen LogP contribution in [0.15, 0.2) is 24.4 Å². The van der Waals surface area contributed by atoms with Gasteiger partial charge >= 0.3 is 0 Å². The maximum absolute atomic E-state index is 4.39. The first-order valence-electron chi connectivity index (χ1n) is 4.59. The van der Waals surface area contributed by atoms with E-state index in [2.05, 4.69) is 27.0 Å². The Morgan fingerprint density at radius 3 is 3.46 bits per heavy atom. The summed E-state index contributed by atoms with van der Waals surface area (Å²) >= 11 is 0. The minimum atomic E-state index is 0.969. The molecule has 1 aliphatic heterocycles. The van der Waals surface area contributed by atoms with Crippen LogP contribution in [0.1, 0.15) is 5.69 Å². The fourth-order valence-corrected chi connectivity index (χ4v) is 1.94. The van der Waals surface area contributed by atoms with Gasteiger partial charge in [0.05, 0.1) is 0 Å². The van der Waals surface area contributed by atoms with Crippen molar-refractivity contribution in [2.45, 2.75) is 13.1 Å². The van der Waals surface area contributed by atoms with Crippen molar-refractivity contribution < 1.29 is 0 Å². The van der Waals surface area contributed by atoms with E-state index < -0.39 is 0 Å². The number of fused-ring (bicyclic) bond motifs is 3. The standard InChI is InChI=1S/C10H11N3/c1-2-8-6-9-7-11-4-5-13(9)10(8)12-3-1/h1-3,6,11H,4-5,7H2. The summed E-state index contributed by atoms with van der Waals surface area (Å²) in [5, 5.41) is 4.60. The van der Waals surface area contributed by atoms with Gasteiger partial charge in [0.15, 0.2) is 0 Å². The van der Waals surface area contributed by atoms with Gasteiger partial charge < -0.3 is 9.88 Å². The lowest BCUT2D eigenvalue weighted by molar-refractivity contribution is 0.524. The Morgan fingerprint density at radius 1 is 1.46 bits per heavy atom. The molecule has 0 saturated carbocycles. The van der Waals surface area contributed by atoms with Crippen LogP contribution in [-0.4, -0.2) is 16.1 Å². The van der Waals surface area contributed by atoms with Crippen LogP contribution in [0.4, 0.5) is 0 Å². The predicted molar refractivity (Wildman–Crippen MR) is 51.4 cm³/mol. The van der Waals surface area contributed by atoms with Crippen molar-refractivity contribution in [3.63, 3.8) is 0 Å². The van der Waals surface area contributed by atoms with Gasteiger partial charge in [-0.2, -0.15) is 0 Å². The molecular formula is C10H11N3. The van der Waals surface area contributed by atoms with Crippen molar-refractivity contribution >= 4 is 11.0 Å². The Labute approximate surface area is 76.4 Å². The molecule has 0 aromatic carbocycles. The number of hydrogen-bond acceptors (Lipinski definition) is 2. The van der Waals surface area contributed by atoms with Crippen molar-refractivity contribution in [3.05, 3.63) is 30.1 Å². The van der Waals surface area contributed by atoms with Crippen LogP contribution in [0.25, 0.3) is 11.0 Å². The molecule has 0 fully saturated rings. The molecule has 0 radical (unpaired) electrons. The molecule has 0 saturated heterocycles. The Balaban J connectivity index is 2.34. The van der Waals surface area contributed by atoms with Crippen molar-refractivity contribution in [1.82, 2.24) is 14.9 Å². The lowest BCUT2D eigenvalue weighted by Gasteiger charge is -2.16. The van der Waals surface area contributed by atoms with E-state index in [0.717, 1.165) is 25.3 Å². The summed E-state index contributed by atoms with van der Waals surface area (Å²) in [5.74, 6) is 0. The highest BCUT2D eigenvalue weighted by Gasteiger charge is 2.11. The van der Waals surface area contributed by atoms with Gasteiger partial charge in [-0.15, -0.1) is 0 Å². The zero-order valence-electron chi connectivity index (χ0n) is 7.33. The van der Waals surface area contributed by atoms with Crippen LogP contribution in [0, 0.1) is 0 Å². The first-order valence-corrected chi connectivity index (χ1v) is 4.59. The second-order valence-corrected chi connectivity index (χ2v) is 3.38. The van der Waals surface area contributed by atoms with Crippen LogP contribution in [-0.2, 0) is 13.1 Å². The van der Waals surface area contributed by atoms with Gasteiger partial charge in [0, 0.05) is 36.9 Å². The van der Waals surface area contributed by atoms with Crippen molar-refractivity contribution in [2.24, 2.45) is 0 Å². The van der Waals surface area contributed by atoms with E-state index >= 15 is 0 Å². The molecule has 0 bridgehead atoms. The summed E-state index contributed by atoms with van der Waals surface area (Å²) in [6.45, 7) is 3.06. The zero-order valence-corrected chi connectivity index (χ0v) is 7.33. The largest absolute Gasteiger partial charge is 0.327 e. The first kappa shape index (κ1) is 7.09. The van der Waals surface area contributed by atoms with E-state index in [1.54, 1.807) is 0 Å². The van der Waals surface area contributed by atoms with Crippen molar-refractivity contribution in [1.29, 1.82) is 0 Å². The molecule has 2 aromatic rings. The average Bonchev–Trinajstić information content (AvgIpc) is 2.56. The third-order valence-corrected chi connectivity index (χ3v) is 2.56. The third-order valence-electron chi connectivity index (χ3n) is 2.56. The summed E-state index contributed by atoms with van der Waals surface area (Å²) < 4.78 is 2.30. The fourth-order valence-electron chi connectivity index (χ4n) is 1.94. The minimum Gasteiger partial charge on any atom is -0.327 e. The van der Waals surface area contributed by atoms with E-state index in [4.69, 9.17) is 0 Å². The van der Waals surface area contributed by atoms with Gasteiger partial charge in [-0.25, -0.2) is 4.98 Å². The fraction of sp³-hybridized carbons (Fsp3) is 0.300. The van der Waals surface area contributed by atoms with Crippen LogP contribution < -0.4 is 5.32 Å². The summed E-state index contributed by atoms with van der Waals surface area (Å²) in [7, 11) is 0. The zero-order chi connectivity index (χ0) is 8.67. The third kappa shape index (κ3) is 0.971. The van der Waals surface area contributed by atoms with Crippen LogP contribution in [0.5, 0.6) is 0 Å². The molecule has 0 atom stereocenters. The second kappa shape index (κ2) is 2.57. The number of pyridine rings is 1. The van der Waals surface area contributed by atoms with Gasteiger partial charge in [0.1, 0.15) is 5.65 Å². The van der Waals surface area contributed by atoms with Gasteiger partial charge in [-0.3, -0.25) is 0 Å². The van der Waals surface area contributed by atoms with Crippen molar-refractivity contribution in [3.8, 4) is 0 Å². The van der Waals surface area contributed by atoms with Crippen LogP contribution >= 0.6 is 0 Å². The van der Waals surface area contributed by atoms with Gasteiger partial charge in [0.2, 0.25) is 0 Å². The van der Waals surface area contributed by atoms with Crippen LogP contribution in [0.3, 0.4) is 0 Å². The normalized spacial score (nSPS) is 16.0. The van der Waals surface area contributed by atoms with Crippen molar-refractivity contribution in [2.75, 3.05) is 6.54 Å². The summed E-state index contributed by atoms with van der Waals surface area (Å²) in [6.07, 6.45) is 1.86. The Kier molecular flexibility index (Phi) is 1.40. The van der Waals surface area contributed by atoms with E-state index in [9.17, 15) is 0 Å². The second-order valence-electron chi connectivity index (χ2n) is 3.38. The first-order chi connectivity index (χ1) is 6.45. The van der Waals surface area contributed by atoms with E-state index in [0.29, 0.717) is 0 Å². The highest BCUT2D eigenvalue weighted by Crippen LogP contribution is 2.18. The number of nitrogens with one attached hydrogen (secondary N) is 1. The molecule has 3 heteroatoms. The van der Waals surface area contributed by atoms with Gasteiger partial charge in [0.25, 0.3) is 0 Å². The number of hydrogen-bond donors (Lipinski definition) is 1. The highest BCUT2D eigenvalue weighted by atomic mass is 15.1. The molecule has 2 aromatic heterocycles. The number of rotatable bonds is 0. The molecular weight excluding hydrogens is 162 g/mol. The van der Waals surface area contributed by atoms with Gasteiger partial charge in [-0.05, 0) is 18.2 Å². The lowest BCUT2D eigenvalue weighted by atomic mass is 10.3. The van der Waals surface area contributed by atoms with E-state index in [1.165, 1.54) is 11.1 Å². The molecule has 0 amide bonds. The maximum atomic E-state index is 4.39. The van der Waals surface area contributed by atoms with E-state index in [-0.39, 0.29) is 0 Å². The molecule has 0 aliphatic carbocycles. The Hall–Kier alpha value is -1.35. The number of nitrogens with zero attached hydrogens (tertiary/aromatic N) is 2. The monoisotopic (exact) mass is 173 g/mol. The molecule has 66 valence electrons. The predicted octanol–water partition coefficient (Wildman–Crippen LogP) is 1.14. The molecule has 1 aliphatic rings. The molecule has 0 unspecified atom stereocenters. The summed E-state index contributed by atoms with van der Waals surface area (Å²) in [6, 6.07) is 6.32. The number of aromatic nitrogens is 2. The molecule has 0 spiro atoms. The minimum absolute atomic E-state index is 0.969. The molecule has 13 heavy (non-hydrogen) atoms. The maximum Gasteiger partial charge on any atom is 0.140 e. The topological polar surface area (TPSA) is 29.9 Å². The average molecular weight is 173 g/mol. The smallest absolute Gasteiger partial charge is 0.140 e. The summed E-state index contributed by atoms with van der Waals surface area (Å²) in [4.78, 5) is 4.39.